The van der Waals surface area contributed by atoms with Gasteiger partial charge in [-0.2, -0.15) is 5.10 Å². The van der Waals surface area contributed by atoms with Crippen LogP contribution in [0.15, 0.2) is 30.5 Å². The first-order valence-electron chi connectivity index (χ1n) is 7.70. The maximum absolute atomic E-state index is 13.3. The third-order valence-corrected chi connectivity index (χ3v) is 3.71. The molecule has 3 amide bonds. The molecule has 5 N–H and O–H groups in total. The molecule has 0 fully saturated rings. The standard InChI is InChI=1S/C16H14F2N6O3/c1-7(8-2-3-10(17)11(18)4-8)20-15(25)21-13-5-12-9(6-19-13)14(24-23-12)22-16(26)27/h2-7H,1H3,(H,26,27)(H2,22,23,24)(H2,19,20,21,25). The quantitative estimate of drug-likeness (QED) is 0.477. The minimum Gasteiger partial charge on any atom is -0.465 e. The van der Waals surface area contributed by atoms with Crippen LogP contribution in [-0.2, 0) is 0 Å². The van der Waals surface area contributed by atoms with Crippen LogP contribution >= 0.6 is 0 Å². The number of pyridine rings is 1. The van der Waals surface area contributed by atoms with Gasteiger partial charge in [-0.3, -0.25) is 15.7 Å². The monoisotopic (exact) mass is 376 g/mol. The summed E-state index contributed by atoms with van der Waals surface area (Å²) in [5.41, 5.74) is 0.850. The predicted octanol–water partition coefficient (Wildman–Crippen LogP) is 3.21. The number of benzene rings is 1. The van der Waals surface area contributed by atoms with Crippen LogP contribution in [-0.4, -0.2) is 32.4 Å². The van der Waals surface area contributed by atoms with Gasteiger partial charge >= 0.3 is 12.1 Å². The van der Waals surface area contributed by atoms with Crippen molar-refractivity contribution in [3.05, 3.63) is 47.7 Å². The molecule has 0 aliphatic carbocycles. The number of carbonyl (C=O) groups excluding carboxylic acids is 1. The van der Waals surface area contributed by atoms with E-state index in [4.69, 9.17) is 5.11 Å². The Bertz CT molecular complexity index is 1020. The number of halogens is 2. The lowest BCUT2D eigenvalue weighted by molar-refractivity contribution is 0.209. The molecule has 3 aromatic rings. The highest BCUT2D eigenvalue weighted by atomic mass is 19.2. The Morgan fingerprint density at radius 2 is 1.96 bits per heavy atom. The predicted molar refractivity (Wildman–Crippen MR) is 92.5 cm³/mol. The zero-order valence-electron chi connectivity index (χ0n) is 13.9. The Morgan fingerprint density at radius 1 is 1.19 bits per heavy atom. The summed E-state index contributed by atoms with van der Waals surface area (Å²) in [6.07, 6.45) is 0.0783. The van der Waals surface area contributed by atoms with E-state index >= 15 is 0 Å². The van der Waals surface area contributed by atoms with Crippen LogP contribution in [0, 0.1) is 11.6 Å². The molecular weight excluding hydrogens is 362 g/mol. The molecule has 0 aliphatic heterocycles. The van der Waals surface area contributed by atoms with E-state index in [1.54, 1.807) is 6.92 Å². The van der Waals surface area contributed by atoms with Gasteiger partial charge < -0.3 is 10.4 Å². The number of amides is 3. The molecule has 11 heteroatoms. The molecule has 3 rings (SSSR count). The highest BCUT2D eigenvalue weighted by Gasteiger charge is 2.14. The van der Waals surface area contributed by atoms with Gasteiger partial charge in [0.15, 0.2) is 17.5 Å². The van der Waals surface area contributed by atoms with Gasteiger partial charge in [-0.05, 0) is 24.6 Å². The van der Waals surface area contributed by atoms with Crippen molar-refractivity contribution in [1.82, 2.24) is 20.5 Å². The largest absolute Gasteiger partial charge is 0.465 e. The smallest absolute Gasteiger partial charge is 0.410 e. The fraction of sp³-hybridized carbons (Fsp3) is 0.125. The van der Waals surface area contributed by atoms with Gasteiger partial charge in [0.05, 0.1) is 16.9 Å². The maximum atomic E-state index is 13.3. The van der Waals surface area contributed by atoms with Gasteiger partial charge in [0.1, 0.15) is 5.82 Å². The van der Waals surface area contributed by atoms with Gasteiger partial charge in [-0.1, -0.05) is 6.07 Å². The molecule has 0 spiro atoms. The minimum atomic E-state index is -1.27. The molecule has 0 bridgehead atoms. The topological polar surface area (TPSA) is 132 Å². The molecule has 27 heavy (non-hydrogen) atoms. The number of rotatable bonds is 4. The number of carboxylic acid groups (broad SMARTS) is 1. The number of H-pyrrole nitrogens is 1. The Labute approximate surface area is 150 Å². The lowest BCUT2D eigenvalue weighted by atomic mass is 10.1. The summed E-state index contributed by atoms with van der Waals surface area (Å²) >= 11 is 0. The van der Waals surface area contributed by atoms with E-state index in [-0.39, 0.29) is 11.6 Å². The van der Waals surface area contributed by atoms with Gasteiger partial charge in [0.2, 0.25) is 0 Å². The number of fused-ring (bicyclic) bond motifs is 1. The Morgan fingerprint density at radius 3 is 2.67 bits per heavy atom. The Kier molecular flexibility index (Phi) is 4.83. The van der Waals surface area contributed by atoms with E-state index in [2.05, 4.69) is 31.1 Å². The van der Waals surface area contributed by atoms with Gasteiger partial charge in [0.25, 0.3) is 0 Å². The summed E-state index contributed by atoms with van der Waals surface area (Å²) in [6, 6.07) is 3.64. The average Bonchev–Trinajstić information content (AvgIpc) is 2.98. The molecule has 2 aromatic heterocycles. The molecular formula is C16H14F2N6O3. The summed E-state index contributed by atoms with van der Waals surface area (Å²) in [5, 5.41) is 22.8. The number of hydrogen-bond acceptors (Lipinski definition) is 4. The lowest BCUT2D eigenvalue weighted by Crippen LogP contribution is -2.31. The SMILES string of the molecule is CC(NC(=O)Nc1cc2[nH]nc(NC(=O)O)c2cn1)c1ccc(F)c(F)c1. The van der Waals surface area contributed by atoms with Gasteiger partial charge in [-0.15, -0.1) is 0 Å². The van der Waals surface area contributed by atoms with Crippen LogP contribution < -0.4 is 16.0 Å². The van der Waals surface area contributed by atoms with E-state index < -0.39 is 29.8 Å². The molecule has 140 valence electrons. The van der Waals surface area contributed by atoms with E-state index in [0.29, 0.717) is 16.5 Å². The van der Waals surface area contributed by atoms with Crippen LogP contribution in [0.2, 0.25) is 0 Å². The molecule has 1 aromatic carbocycles. The summed E-state index contributed by atoms with van der Waals surface area (Å²) in [5.74, 6) is -1.70. The normalized spacial score (nSPS) is 11.8. The maximum Gasteiger partial charge on any atom is 0.410 e. The van der Waals surface area contributed by atoms with Crippen molar-refractivity contribution in [2.75, 3.05) is 10.6 Å². The van der Waals surface area contributed by atoms with Crippen LogP contribution in [0.5, 0.6) is 0 Å². The lowest BCUT2D eigenvalue weighted by Gasteiger charge is -2.15. The number of nitrogens with one attached hydrogen (secondary N) is 4. The first-order valence-corrected chi connectivity index (χ1v) is 7.70. The van der Waals surface area contributed by atoms with E-state index in [0.717, 1.165) is 12.1 Å². The highest BCUT2D eigenvalue weighted by Crippen LogP contribution is 2.22. The second-order valence-corrected chi connectivity index (χ2v) is 5.61. The van der Waals surface area contributed by atoms with Gasteiger partial charge in [-0.25, -0.2) is 23.4 Å². The summed E-state index contributed by atoms with van der Waals surface area (Å²) in [7, 11) is 0. The van der Waals surface area contributed by atoms with Crippen LogP contribution in [0.25, 0.3) is 10.9 Å². The number of aromatic nitrogens is 3. The first-order chi connectivity index (χ1) is 12.8. The van der Waals surface area contributed by atoms with Crippen LogP contribution in [0.1, 0.15) is 18.5 Å². The van der Waals surface area contributed by atoms with E-state index in [9.17, 15) is 18.4 Å². The summed E-state index contributed by atoms with van der Waals surface area (Å²) in [6.45, 7) is 1.61. The third-order valence-electron chi connectivity index (χ3n) is 3.71. The zero-order chi connectivity index (χ0) is 19.6. The first kappa shape index (κ1) is 18.0. The number of anilines is 2. The molecule has 0 saturated heterocycles. The van der Waals surface area contributed by atoms with Crippen molar-refractivity contribution in [2.24, 2.45) is 0 Å². The minimum absolute atomic E-state index is 0.0907. The zero-order valence-corrected chi connectivity index (χ0v) is 13.9. The molecule has 1 atom stereocenters. The second-order valence-electron chi connectivity index (χ2n) is 5.61. The Balaban J connectivity index is 1.68. The van der Waals surface area contributed by atoms with Crippen LogP contribution in [0.4, 0.5) is 30.0 Å². The second kappa shape index (κ2) is 7.23. The van der Waals surface area contributed by atoms with Crippen LogP contribution in [0.3, 0.4) is 0 Å². The molecule has 1 unspecified atom stereocenters. The number of urea groups is 1. The van der Waals surface area contributed by atoms with Crippen molar-refractivity contribution in [2.45, 2.75) is 13.0 Å². The van der Waals surface area contributed by atoms with Gasteiger partial charge in [0, 0.05) is 12.3 Å². The van der Waals surface area contributed by atoms with Crippen molar-refractivity contribution in [1.29, 1.82) is 0 Å². The molecule has 0 aliphatic rings. The van der Waals surface area contributed by atoms with E-state index in [1.807, 2.05) is 0 Å². The van der Waals surface area contributed by atoms with Crippen molar-refractivity contribution in [3.63, 3.8) is 0 Å². The number of nitrogens with zero attached hydrogens (tertiary/aromatic N) is 2. The molecule has 0 saturated carbocycles. The van der Waals surface area contributed by atoms with Crippen molar-refractivity contribution < 1.29 is 23.5 Å². The van der Waals surface area contributed by atoms with E-state index in [1.165, 1.54) is 18.3 Å². The highest BCUT2D eigenvalue weighted by molar-refractivity contribution is 5.98. The number of hydrogen-bond donors (Lipinski definition) is 5. The fourth-order valence-corrected chi connectivity index (χ4v) is 2.39. The van der Waals surface area contributed by atoms with Crippen molar-refractivity contribution in [3.8, 4) is 0 Å². The number of aromatic amines is 1. The van der Waals surface area contributed by atoms with Crippen molar-refractivity contribution >= 4 is 34.7 Å². The third kappa shape index (κ3) is 4.08. The summed E-state index contributed by atoms with van der Waals surface area (Å²) < 4.78 is 26.3. The Hall–Kier alpha value is -3.76. The molecule has 0 radical (unpaired) electrons. The summed E-state index contributed by atoms with van der Waals surface area (Å²) in [4.78, 5) is 26.8. The average molecular weight is 376 g/mol. The number of carbonyl (C=O) groups is 2. The molecule has 2 heterocycles. The fourth-order valence-electron chi connectivity index (χ4n) is 2.39. The molecule has 9 nitrogen and oxygen atoms in total.